The Balaban J connectivity index is 2.79. The molecule has 1 aliphatic rings. The average molecular weight is 382 g/mol. The highest BCUT2D eigenvalue weighted by Crippen LogP contribution is 2.24. The molecule has 2 rings (SSSR count). The third-order valence-corrected chi connectivity index (χ3v) is 3.13. The Labute approximate surface area is 181 Å². The van der Waals surface area contributed by atoms with Crippen LogP contribution in [0.4, 0.5) is 0 Å². The smallest absolute Gasteiger partial charge is 0.249 e. The van der Waals surface area contributed by atoms with Gasteiger partial charge in [0, 0.05) is 32.7 Å². The van der Waals surface area contributed by atoms with Crippen LogP contribution in [0.3, 0.4) is 0 Å². The average Bonchev–Trinajstić information content (AvgIpc) is 2.88. The quantitative estimate of drug-likeness (QED) is 0.687. The first kappa shape index (κ1) is 6.05. The fraction of sp³-hybridized carbons (Fsp3) is 0.526. The van der Waals surface area contributed by atoms with E-state index in [2.05, 4.69) is 0 Å². The topological polar surface area (TPSA) is 98.7 Å². The number of benzene rings is 1. The molecule has 0 radical (unpaired) electrons. The molecule has 0 aromatic heterocycles. The number of amides is 3. The highest BCUT2D eigenvalue weighted by atomic mass is 16.3. The molecular weight excluding hydrogens is 334 g/mol. The molecule has 1 aromatic carbocycles. The summed E-state index contributed by atoms with van der Waals surface area (Å²) in [6.45, 7) is -15.4. The molecule has 7 nitrogen and oxygen atoms in total. The molecule has 3 N–H and O–H groups in total. The van der Waals surface area contributed by atoms with E-state index in [1.165, 1.54) is 5.32 Å². The maximum Gasteiger partial charge on any atom is 0.249 e. The van der Waals surface area contributed by atoms with E-state index in [-0.39, 0.29) is 0 Å². The van der Waals surface area contributed by atoms with Crippen LogP contribution in [0.25, 0.3) is 0 Å². The lowest BCUT2D eigenvalue weighted by atomic mass is 9.99. The van der Waals surface area contributed by atoms with Crippen LogP contribution in [0.1, 0.15) is 65.2 Å². The van der Waals surface area contributed by atoms with Gasteiger partial charge >= 0.3 is 0 Å². The molecule has 1 heterocycles. The number of likely N-dealkylation sites (N-methyl/N-ethyl adjacent to an activating group) is 1. The fourth-order valence-corrected chi connectivity index (χ4v) is 1.83. The number of nitrogens with zero attached hydrogens (tertiary/aromatic N) is 1. The summed E-state index contributed by atoms with van der Waals surface area (Å²) in [4.78, 5) is 39.2. The zero-order chi connectivity index (χ0) is 36.8. The van der Waals surface area contributed by atoms with Crippen molar-refractivity contribution in [3.8, 4) is 0 Å². The molecule has 0 spiro atoms. The number of nitrogens with one attached hydrogen (secondary N) is 2. The van der Waals surface area contributed by atoms with E-state index in [0.717, 1.165) is 0 Å². The summed E-state index contributed by atoms with van der Waals surface area (Å²) >= 11 is 0. The second kappa shape index (κ2) is 8.31. The zero-order valence-electron chi connectivity index (χ0n) is 33.2. The summed E-state index contributed by atoms with van der Waals surface area (Å²) in [6.07, 6.45) is -8.15. The number of hydrogen-bond acceptors (Lipinski definition) is 4. The molecule has 0 fully saturated rings. The Morgan fingerprint density at radius 3 is 2.85 bits per heavy atom. The molecule has 0 unspecified atom stereocenters. The van der Waals surface area contributed by atoms with Crippen LogP contribution in [-0.2, 0) is 20.8 Å². The summed E-state index contributed by atoms with van der Waals surface area (Å²) in [7, 11) is 0. The van der Waals surface area contributed by atoms with Crippen molar-refractivity contribution in [1.82, 2.24) is 15.5 Å². The third-order valence-electron chi connectivity index (χ3n) is 3.13. The van der Waals surface area contributed by atoms with Gasteiger partial charge in [-0.2, -0.15) is 0 Å². The van der Waals surface area contributed by atoms with Gasteiger partial charge in [-0.1, -0.05) is 37.9 Å². The van der Waals surface area contributed by atoms with Gasteiger partial charge in [-0.15, -0.1) is 0 Å². The first-order valence-corrected chi connectivity index (χ1v) is 6.87. The summed E-state index contributed by atoms with van der Waals surface area (Å²) in [5.74, 6) is -10.6. The second-order valence-corrected chi connectivity index (χ2v) is 4.91. The first-order valence-electron chi connectivity index (χ1n) is 16.9. The molecule has 142 valence electrons. The van der Waals surface area contributed by atoms with Crippen LogP contribution < -0.4 is 10.6 Å². The number of carbonyl (C=O) groups is 3. The van der Waals surface area contributed by atoms with Gasteiger partial charge in [0.2, 0.25) is 17.7 Å². The molecule has 0 saturated heterocycles. The monoisotopic (exact) mass is 381 g/mol. The van der Waals surface area contributed by atoms with E-state index in [1.807, 2.05) is 0 Å². The largest absolute Gasteiger partial charge is 0.383 e. The summed E-state index contributed by atoms with van der Waals surface area (Å²) in [6, 6.07) is -10.8. The molecule has 7 heteroatoms. The number of fused-ring (bicyclic) bond motifs is 1. The van der Waals surface area contributed by atoms with Crippen molar-refractivity contribution in [2.24, 2.45) is 5.89 Å². The van der Waals surface area contributed by atoms with Gasteiger partial charge < -0.3 is 20.6 Å². The Kier molecular flexibility index (Phi) is 1.94. The highest BCUT2D eigenvalue weighted by Gasteiger charge is 2.32. The number of aliphatic hydroxyl groups is 1. The minimum absolute atomic E-state index is 0.453. The SMILES string of the molecule is [2H]c1c([2H])c([2H])c2c(c1[2H])[C@H](NC(=O)[C@]([2H])(C)NC(=O)[C@@]([2H])(O)C([2H])(C([2H])([2H])[2H])C([2H])([2H])[2H])C(=O)N(C([2H])([2H])[2H])C([2H])([2H])C2([2H])[2H]. The van der Waals surface area contributed by atoms with E-state index in [4.69, 9.17) is 27.4 Å². The number of rotatable bonds is 5. The van der Waals surface area contributed by atoms with E-state index >= 15 is 0 Å². The Hall–Kier alpha value is -2.41. The zero-order valence-corrected chi connectivity index (χ0v) is 13.2. The summed E-state index contributed by atoms with van der Waals surface area (Å²) in [5, 5.41) is 13.5. The van der Waals surface area contributed by atoms with Crippen LogP contribution in [0.2, 0.25) is 0 Å². The van der Waals surface area contributed by atoms with Gasteiger partial charge in [-0.3, -0.25) is 14.4 Å². The van der Waals surface area contributed by atoms with Gasteiger partial charge in [-0.25, -0.2) is 0 Å². The molecule has 0 bridgehead atoms. The van der Waals surface area contributed by atoms with Gasteiger partial charge in [0.1, 0.15) is 18.1 Å². The van der Waals surface area contributed by atoms with Gasteiger partial charge in [0.05, 0.1) is 8.22 Å². The lowest BCUT2D eigenvalue weighted by Gasteiger charge is -2.24. The molecule has 0 saturated carbocycles. The van der Waals surface area contributed by atoms with Crippen molar-refractivity contribution in [2.75, 3.05) is 13.5 Å². The molecule has 1 aromatic rings. The molecule has 1 aliphatic heterocycles. The lowest BCUT2D eigenvalue weighted by molar-refractivity contribution is -0.137. The predicted octanol–water partition coefficient (Wildman–Crippen LogP) is 0.380. The Bertz CT molecular complexity index is 1430. The van der Waals surface area contributed by atoms with Crippen molar-refractivity contribution >= 4 is 17.7 Å². The van der Waals surface area contributed by atoms with Gasteiger partial charge in [0.25, 0.3) is 0 Å². The van der Waals surface area contributed by atoms with Crippen LogP contribution >= 0.6 is 0 Å². The molecule has 3 atom stereocenters. The van der Waals surface area contributed by atoms with Gasteiger partial charge in [0.15, 0.2) is 0 Å². The van der Waals surface area contributed by atoms with E-state index in [1.54, 1.807) is 5.32 Å². The molecule has 26 heavy (non-hydrogen) atoms. The van der Waals surface area contributed by atoms with E-state index < -0.39 is 116 Å². The Morgan fingerprint density at radius 1 is 1.42 bits per heavy atom. The van der Waals surface area contributed by atoms with Crippen LogP contribution in [-0.4, -0.2) is 53.3 Å². The van der Waals surface area contributed by atoms with Crippen LogP contribution in [0, 0.1) is 5.89 Å². The maximum atomic E-state index is 13.6. The molecule has 0 aliphatic carbocycles. The van der Waals surface area contributed by atoms with Gasteiger partial charge in [-0.05, 0) is 30.3 Å². The molecule has 3 amide bonds. The Morgan fingerprint density at radius 2 is 2.15 bits per heavy atom. The third kappa shape index (κ3) is 4.40. The van der Waals surface area contributed by atoms with Crippen molar-refractivity contribution in [1.29, 1.82) is 0 Å². The number of hydrogen-bond donors (Lipinski definition) is 3. The summed E-state index contributed by atoms with van der Waals surface area (Å²) < 4.78 is 157. The summed E-state index contributed by atoms with van der Waals surface area (Å²) in [5.41, 5.74) is -2.46. The fourth-order valence-electron chi connectivity index (χ4n) is 1.83. The normalized spacial score (nSPS) is 38.8. The first-order chi connectivity index (χ1) is 20.1. The van der Waals surface area contributed by atoms with Crippen molar-refractivity contribution in [2.45, 2.75) is 45.1 Å². The minimum Gasteiger partial charge on any atom is -0.383 e. The van der Waals surface area contributed by atoms with E-state index in [0.29, 0.717) is 6.92 Å². The lowest BCUT2D eigenvalue weighted by Crippen LogP contribution is -2.51. The van der Waals surface area contributed by atoms with Crippen molar-refractivity contribution < 1.29 is 46.9 Å². The number of carbonyl (C=O) groups excluding carboxylic acids is 3. The molecular formula is C19H27N3O4. The van der Waals surface area contributed by atoms with E-state index in [9.17, 15) is 19.5 Å². The van der Waals surface area contributed by atoms with Crippen molar-refractivity contribution in [3.05, 3.63) is 35.3 Å². The van der Waals surface area contributed by atoms with Crippen molar-refractivity contribution in [3.63, 3.8) is 0 Å². The maximum absolute atomic E-state index is 13.6. The van der Waals surface area contributed by atoms with Crippen LogP contribution in [0.15, 0.2) is 24.2 Å². The highest BCUT2D eigenvalue weighted by molar-refractivity contribution is 5.93. The second-order valence-electron chi connectivity index (χ2n) is 4.91. The standard InChI is InChI=1S/C19H27N3O4/c1-11(2)16(23)18(25)20-12(3)17(24)21-15-14-8-6-5-7-13(14)9-10-22(4)19(15)26/h5-8,11-12,15-16,23H,9-10H2,1-4H3,(H,20,25)(H,21,24)/t12-,15-,16-/m0/s1/i1D3,2D3,4D3,5D,6D,7D,8D,9D2,10D2,11D,12D,16D. The minimum atomic E-state index is -4.43. The van der Waals surface area contributed by atoms with Crippen LogP contribution in [0.5, 0.6) is 0 Å². The predicted molar refractivity (Wildman–Crippen MR) is 97.1 cm³/mol.